The Morgan fingerprint density at radius 3 is 2.40 bits per heavy atom. The standard InChI is InChI=1S/C27H27F3N6O3S/c1-14-22(31-2)9-15(10-23(14)32-3)16-8-18-19(12-34-27(18)33-11-16)26(37)24-20(29)4-5-21(25(24)30)35-40(38,39)36-7-6-17(28)13-36/h4-5,8-12,17,31-32,35H,6-7,13H2,1-3H3,(H,33,34)/t17-/m1/s1. The van der Waals surface area contributed by atoms with Crippen molar-refractivity contribution in [1.29, 1.82) is 0 Å². The number of aromatic amines is 1. The summed E-state index contributed by atoms with van der Waals surface area (Å²) in [5, 5.41) is 6.62. The fraction of sp³-hybridized carbons (Fsp3) is 0.259. The average molecular weight is 573 g/mol. The van der Waals surface area contributed by atoms with Crippen molar-refractivity contribution in [1.82, 2.24) is 14.3 Å². The molecule has 2 aromatic heterocycles. The molecule has 0 saturated carbocycles. The molecule has 0 amide bonds. The first-order valence-corrected chi connectivity index (χ1v) is 13.9. The molecule has 0 unspecified atom stereocenters. The molecule has 1 aliphatic heterocycles. The van der Waals surface area contributed by atoms with Gasteiger partial charge in [0.05, 0.1) is 11.3 Å². The van der Waals surface area contributed by atoms with E-state index < -0.39 is 45.0 Å². The number of pyridine rings is 1. The van der Waals surface area contributed by atoms with Crippen LogP contribution in [0.3, 0.4) is 0 Å². The Balaban J connectivity index is 1.54. The highest BCUT2D eigenvalue weighted by Crippen LogP contribution is 2.34. The third-order valence-electron chi connectivity index (χ3n) is 7.05. The lowest BCUT2D eigenvalue weighted by molar-refractivity contribution is 0.103. The Bertz CT molecular complexity index is 1720. The maximum Gasteiger partial charge on any atom is 0.301 e. The molecule has 1 saturated heterocycles. The number of nitrogens with one attached hydrogen (secondary N) is 4. The third kappa shape index (κ3) is 4.86. The van der Waals surface area contributed by atoms with Crippen molar-refractivity contribution in [3.63, 3.8) is 0 Å². The zero-order valence-corrected chi connectivity index (χ0v) is 22.7. The minimum Gasteiger partial charge on any atom is -0.388 e. The van der Waals surface area contributed by atoms with Gasteiger partial charge in [0.2, 0.25) is 5.78 Å². The Kier molecular flexibility index (Phi) is 7.19. The molecule has 0 spiro atoms. The van der Waals surface area contributed by atoms with E-state index in [1.54, 1.807) is 26.4 Å². The van der Waals surface area contributed by atoms with Gasteiger partial charge >= 0.3 is 10.2 Å². The molecular weight excluding hydrogens is 545 g/mol. The Morgan fingerprint density at radius 1 is 1.07 bits per heavy atom. The van der Waals surface area contributed by atoms with E-state index in [2.05, 4.69) is 20.6 Å². The number of benzene rings is 2. The molecule has 5 rings (SSSR count). The van der Waals surface area contributed by atoms with E-state index in [1.165, 1.54) is 6.20 Å². The van der Waals surface area contributed by atoms with Gasteiger partial charge in [0.25, 0.3) is 0 Å². The second-order valence-corrected chi connectivity index (χ2v) is 11.2. The average Bonchev–Trinajstić information content (AvgIpc) is 3.57. The molecule has 13 heteroatoms. The van der Waals surface area contributed by atoms with Crippen LogP contribution in [-0.2, 0) is 10.2 Å². The van der Waals surface area contributed by atoms with E-state index in [0.29, 0.717) is 16.6 Å². The molecule has 4 aromatic rings. The van der Waals surface area contributed by atoms with Crippen LogP contribution in [0.15, 0.2) is 42.7 Å². The number of ketones is 1. The summed E-state index contributed by atoms with van der Waals surface area (Å²) in [6.45, 7) is 1.51. The summed E-state index contributed by atoms with van der Waals surface area (Å²) in [5.41, 5.74) is 2.96. The van der Waals surface area contributed by atoms with Crippen molar-refractivity contribution in [2.24, 2.45) is 0 Å². The monoisotopic (exact) mass is 572 g/mol. The predicted octanol–water partition coefficient (Wildman–Crippen LogP) is 4.83. The lowest BCUT2D eigenvalue weighted by Crippen LogP contribution is -2.34. The first-order chi connectivity index (χ1) is 19.0. The van der Waals surface area contributed by atoms with Gasteiger partial charge in [-0.2, -0.15) is 12.7 Å². The highest BCUT2D eigenvalue weighted by atomic mass is 32.2. The Hall–Kier alpha value is -4.10. The Labute approximate surface area is 229 Å². The van der Waals surface area contributed by atoms with Gasteiger partial charge in [-0.05, 0) is 54.8 Å². The molecule has 1 aliphatic rings. The molecule has 3 heterocycles. The van der Waals surface area contributed by atoms with Gasteiger partial charge in [-0.3, -0.25) is 9.52 Å². The van der Waals surface area contributed by atoms with Crippen molar-refractivity contribution in [2.75, 3.05) is 42.5 Å². The van der Waals surface area contributed by atoms with Gasteiger partial charge in [-0.1, -0.05) is 0 Å². The number of aromatic nitrogens is 2. The maximum atomic E-state index is 15.5. The minimum absolute atomic E-state index is 0.0161. The zero-order chi connectivity index (χ0) is 28.8. The lowest BCUT2D eigenvalue weighted by Gasteiger charge is -2.18. The molecule has 40 heavy (non-hydrogen) atoms. The second kappa shape index (κ2) is 10.5. The number of carbonyl (C=O) groups excluding carboxylic acids is 1. The third-order valence-corrected chi connectivity index (χ3v) is 8.54. The van der Waals surface area contributed by atoms with E-state index in [9.17, 15) is 22.0 Å². The zero-order valence-electron chi connectivity index (χ0n) is 21.9. The van der Waals surface area contributed by atoms with Crippen molar-refractivity contribution in [3.8, 4) is 11.1 Å². The number of rotatable bonds is 8. The molecule has 0 aliphatic carbocycles. The van der Waals surface area contributed by atoms with E-state index in [-0.39, 0.29) is 25.1 Å². The molecule has 1 fully saturated rings. The lowest BCUT2D eigenvalue weighted by atomic mass is 9.98. The van der Waals surface area contributed by atoms with E-state index >= 15 is 4.39 Å². The van der Waals surface area contributed by atoms with Gasteiger partial charge in [0.1, 0.15) is 17.6 Å². The first kappa shape index (κ1) is 27.5. The molecule has 0 bridgehead atoms. The number of anilines is 3. The molecule has 0 radical (unpaired) electrons. The van der Waals surface area contributed by atoms with E-state index in [4.69, 9.17) is 0 Å². The smallest absolute Gasteiger partial charge is 0.301 e. The van der Waals surface area contributed by atoms with Crippen LogP contribution in [-0.4, -0.2) is 61.8 Å². The van der Waals surface area contributed by atoms with Crippen LogP contribution in [0.1, 0.15) is 27.9 Å². The van der Waals surface area contributed by atoms with Crippen molar-refractivity contribution in [2.45, 2.75) is 19.5 Å². The van der Waals surface area contributed by atoms with Gasteiger partial charge in [0, 0.05) is 67.5 Å². The molecule has 1 atom stereocenters. The minimum atomic E-state index is -4.32. The van der Waals surface area contributed by atoms with Gasteiger partial charge < -0.3 is 15.6 Å². The van der Waals surface area contributed by atoms with Crippen LogP contribution in [0.2, 0.25) is 0 Å². The number of fused-ring (bicyclic) bond motifs is 1. The van der Waals surface area contributed by atoms with Crippen LogP contribution in [0, 0.1) is 18.6 Å². The molecule has 9 nitrogen and oxygen atoms in total. The molecule has 210 valence electrons. The quantitative estimate of drug-likeness (QED) is 0.225. The van der Waals surface area contributed by atoms with Crippen LogP contribution in [0.25, 0.3) is 22.2 Å². The predicted molar refractivity (Wildman–Crippen MR) is 149 cm³/mol. The summed E-state index contributed by atoms with van der Waals surface area (Å²) >= 11 is 0. The van der Waals surface area contributed by atoms with Gasteiger partial charge in [-0.25, -0.2) is 18.2 Å². The molecule has 4 N–H and O–H groups in total. The molecular formula is C27H27F3N6O3S. The number of alkyl halides is 1. The largest absolute Gasteiger partial charge is 0.388 e. The fourth-order valence-corrected chi connectivity index (χ4v) is 6.10. The fourth-order valence-electron chi connectivity index (χ4n) is 4.83. The van der Waals surface area contributed by atoms with Crippen LogP contribution in [0.4, 0.5) is 30.2 Å². The van der Waals surface area contributed by atoms with Crippen molar-refractivity contribution < 1.29 is 26.4 Å². The topological polar surface area (TPSA) is 119 Å². The SMILES string of the molecule is CNc1cc(-c2cnc3[nH]cc(C(=O)c4c(F)ccc(NS(=O)(=O)N5CC[C@@H](F)C5)c4F)c3c2)cc(NC)c1C. The number of hydrogen-bond acceptors (Lipinski definition) is 6. The number of halogens is 3. The normalized spacial score (nSPS) is 15.9. The van der Waals surface area contributed by atoms with E-state index in [0.717, 1.165) is 38.9 Å². The first-order valence-electron chi connectivity index (χ1n) is 12.5. The maximum absolute atomic E-state index is 15.5. The van der Waals surface area contributed by atoms with Gasteiger partial charge in [-0.15, -0.1) is 0 Å². The highest BCUT2D eigenvalue weighted by Gasteiger charge is 2.33. The highest BCUT2D eigenvalue weighted by molar-refractivity contribution is 7.90. The summed E-state index contributed by atoms with van der Waals surface area (Å²) in [5.74, 6) is -3.54. The van der Waals surface area contributed by atoms with Crippen LogP contribution >= 0.6 is 0 Å². The number of nitrogens with zero attached hydrogens (tertiary/aromatic N) is 2. The summed E-state index contributed by atoms with van der Waals surface area (Å²) in [4.78, 5) is 20.7. The van der Waals surface area contributed by atoms with Crippen molar-refractivity contribution >= 4 is 44.1 Å². The van der Waals surface area contributed by atoms with Gasteiger partial charge in [0.15, 0.2) is 5.82 Å². The van der Waals surface area contributed by atoms with Crippen molar-refractivity contribution in [3.05, 3.63) is 71.1 Å². The van der Waals surface area contributed by atoms with Crippen LogP contribution in [0.5, 0.6) is 0 Å². The summed E-state index contributed by atoms with van der Waals surface area (Å²) in [6.07, 6.45) is 1.61. The summed E-state index contributed by atoms with van der Waals surface area (Å²) in [7, 11) is -0.717. The van der Waals surface area contributed by atoms with Crippen LogP contribution < -0.4 is 15.4 Å². The number of H-pyrrole nitrogens is 1. The Morgan fingerprint density at radius 2 is 1.77 bits per heavy atom. The summed E-state index contributed by atoms with van der Waals surface area (Å²) < 4.78 is 72.0. The summed E-state index contributed by atoms with van der Waals surface area (Å²) in [6, 6.07) is 7.23. The van der Waals surface area contributed by atoms with E-state index in [1.807, 2.05) is 23.8 Å². The number of hydrogen-bond donors (Lipinski definition) is 4. The number of carbonyl (C=O) groups is 1. The second-order valence-electron chi connectivity index (χ2n) is 9.48. The molecule has 2 aromatic carbocycles.